The summed E-state index contributed by atoms with van der Waals surface area (Å²) in [7, 11) is -4.64. The van der Waals surface area contributed by atoms with Gasteiger partial charge in [0.2, 0.25) is 0 Å². The third-order valence-corrected chi connectivity index (χ3v) is 17.9. The van der Waals surface area contributed by atoms with Gasteiger partial charge in [0.1, 0.15) is 31.8 Å². The minimum atomic E-state index is -3.00. The van der Waals surface area contributed by atoms with Gasteiger partial charge < -0.3 is 31.1 Å². The van der Waals surface area contributed by atoms with E-state index < -0.39 is 43.7 Å². The zero-order chi connectivity index (χ0) is 56.6. The highest BCUT2D eigenvalue weighted by molar-refractivity contribution is 7.90. The fourth-order valence-electron chi connectivity index (χ4n) is 10.5. The average molecular weight is 1130 g/mol. The number of benzene rings is 2. The van der Waals surface area contributed by atoms with Crippen molar-refractivity contribution in [3.05, 3.63) is 118 Å². The molecule has 2 atom stereocenters. The normalized spacial score (nSPS) is 15.5. The lowest BCUT2D eigenvalue weighted by atomic mass is 9.80. The Kier molecular flexibility index (Phi) is 22.8. The lowest BCUT2D eigenvalue weighted by Gasteiger charge is -2.33. The molecule has 0 unspecified atom stereocenters. The Bertz CT molecular complexity index is 2920. The molecule has 20 heteroatoms. The molecule has 2 aromatic carbocycles. The molecule has 2 heterocycles. The zero-order valence-electron chi connectivity index (χ0n) is 45.5. The quantitative estimate of drug-likeness (QED) is 0.0249. The van der Waals surface area contributed by atoms with Gasteiger partial charge in [0.25, 0.3) is 11.8 Å². The number of amides is 2. The van der Waals surface area contributed by atoms with Crippen LogP contribution in [0.3, 0.4) is 0 Å². The van der Waals surface area contributed by atoms with Crippen LogP contribution in [0.5, 0.6) is 0 Å². The van der Waals surface area contributed by atoms with E-state index in [4.69, 9.17) is 29.2 Å². The minimum absolute atomic E-state index is 0.152. The Balaban J connectivity index is 0.000000284. The molecular formula is C57H76N6O10S4. The van der Waals surface area contributed by atoms with E-state index in [1.807, 2.05) is 26.0 Å². The molecule has 0 spiro atoms. The van der Waals surface area contributed by atoms with Crippen LogP contribution in [0, 0.1) is 38.5 Å². The fourth-order valence-corrected chi connectivity index (χ4v) is 12.8. The molecule has 0 aliphatic heterocycles. The number of carbonyl (C=O) groups excluding carboxylic acids is 3. The van der Waals surface area contributed by atoms with Crippen LogP contribution in [-0.4, -0.2) is 109 Å². The maximum atomic E-state index is 12.8. The molecule has 4 aromatic rings. The van der Waals surface area contributed by atoms with Crippen molar-refractivity contribution in [2.75, 3.05) is 41.8 Å². The number of nitrogens with one attached hydrogen (secondary N) is 4. The monoisotopic (exact) mass is 1130 g/mol. The van der Waals surface area contributed by atoms with Gasteiger partial charge >= 0.3 is 11.9 Å². The molecule has 0 saturated heterocycles. The Hall–Kier alpha value is -5.70. The maximum Gasteiger partial charge on any atom is 0.328 e. The second-order valence-electron chi connectivity index (χ2n) is 20.9. The predicted octanol–water partition coefficient (Wildman–Crippen LogP) is 9.37. The van der Waals surface area contributed by atoms with Gasteiger partial charge in [-0.3, -0.25) is 19.6 Å². The number of aryl methyl sites for hydroxylation is 4. The molecule has 6 rings (SSSR count). The number of anilines is 2. The molecule has 2 aliphatic rings. The summed E-state index contributed by atoms with van der Waals surface area (Å²) in [6, 6.07) is 16.5. The molecule has 0 radical (unpaired) electrons. The number of aromatic nitrogens is 2. The van der Waals surface area contributed by atoms with Crippen molar-refractivity contribution >= 4 is 89.2 Å². The Morgan fingerprint density at radius 2 is 0.961 bits per heavy atom. The number of methoxy groups -OCH3 is 1. The standard InChI is InChI=1S/C29H39N3O5S2.C28H37N3O5S2/c1-20-13-17-30-21(2)25(20)26(33)31-23-11-9-22(10-12-23)19-24(27(34)37-3)32-28(38)29(14-5-6-15-29)16-7-8-18-39(4,35)36;1-19-12-16-29-20(2)24(19)25(32)30-22-10-8-21(9-11-22)18-23(26(33)34)31-27(37)28(13-4-5-14-28)15-6-7-17-38(3,35)36/h9-13,17,24H,5-8,14-16,18-19H2,1-4H3,(H,31,33)(H,32,38);8-12,16,23H,4-7,13-15,17-18H2,1-3H3,(H,30,32)(H,31,37)(H,33,34)/t24-;23-/m00/s1. The smallest absolute Gasteiger partial charge is 0.328 e. The Morgan fingerprint density at radius 3 is 1.30 bits per heavy atom. The molecule has 0 bridgehead atoms. The number of carboxylic acid groups (broad SMARTS) is 1. The number of carbonyl (C=O) groups is 4. The van der Waals surface area contributed by atoms with Gasteiger partial charge in [0.15, 0.2) is 0 Å². The number of thiocarbonyl (C=S) groups is 2. The Morgan fingerprint density at radius 1 is 0.597 bits per heavy atom. The summed E-state index contributed by atoms with van der Waals surface area (Å²) < 4.78 is 51.1. The number of esters is 1. The van der Waals surface area contributed by atoms with Crippen LogP contribution >= 0.6 is 24.4 Å². The molecule has 2 aromatic heterocycles. The van der Waals surface area contributed by atoms with Crippen molar-refractivity contribution in [3.63, 3.8) is 0 Å². The van der Waals surface area contributed by atoms with Gasteiger partial charge in [-0.15, -0.1) is 0 Å². The number of carboxylic acids is 1. The number of pyridine rings is 2. The van der Waals surface area contributed by atoms with E-state index in [-0.39, 0.29) is 40.6 Å². The van der Waals surface area contributed by atoms with Crippen molar-refractivity contribution in [1.29, 1.82) is 0 Å². The van der Waals surface area contributed by atoms with E-state index >= 15 is 0 Å². The molecule has 16 nitrogen and oxygen atoms in total. The molecule has 77 heavy (non-hydrogen) atoms. The van der Waals surface area contributed by atoms with Crippen LogP contribution in [0.2, 0.25) is 0 Å². The second kappa shape index (κ2) is 28.3. The number of nitrogens with zero attached hydrogens (tertiary/aromatic N) is 2. The van der Waals surface area contributed by atoms with Crippen LogP contribution in [0.25, 0.3) is 0 Å². The molecule has 418 valence electrons. The number of hydrogen-bond donors (Lipinski definition) is 5. The van der Waals surface area contributed by atoms with Crippen molar-refractivity contribution in [2.45, 2.75) is 143 Å². The number of sulfone groups is 2. The third-order valence-electron chi connectivity index (χ3n) is 14.8. The molecular weight excluding hydrogens is 1060 g/mol. The summed E-state index contributed by atoms with van der Waals surface area (Å²) in [5, 5.41) is 22.1. The summed E-state index contributed by atoms with van der Waals surface area (Å²) >= 11 is 11.6. The summed E-state index contributed by atoms with van der Waals surface area (Å²) in [6.07, 6.45) is 18.5. The summed E-state index contributed by atoms with van der Waals surface area (Å²) in [6.45, 7) is 7.34. The number of rotatable bonds is 24. The van der Waals surface area contributed by atoms with Gasteiger partial charge in [-0.05, 0) is 138 Å². The predicted molar refractivity (Wildman–Crippen MR) is 311 cm³/mol. The lowest BCUT2D eigenvalue weighted by Crippen LogP contribution is -2.48. The first-order chi connectivity index (χ1) is 36.3. The average Bonchev–Trinajstić information content (AvgIpc) is 4.07. The van der Waals surface area contributed by atoms with Crippen LogP contribution < -0.4 is 21.3 Å². The largest absolute Gasteiger partial charge is 0.480 e. The number of hydrogen-bond acceptors (Lipinski definition) is 13. The highest BCUT2D eigenvalue weighted by Crippen LogP contribution is 2.44. The first-order valence-electron chi connectivity index (χ1n) is 26.3. The molecule has 2 aliphatic carbocycles. The van der Waals surface area contributed by atoms with Crippen molar-refractivity contribution < 1.29 is 45.9 Å². The fraction of sp³-hybridized carbons (Fsp3) is 0.509. The van der Waals surface area contributed by atoms with Crippen LogP contribution in [0.15, 0.2) is 73.1 Å². The lowest BCUT2D eigenvalue weighted by molar-refractivity contribution is -0.142. The molecule has 2 saturated carbocycles. The van der Waals surface area contributed by atoms with E-state index in [1.54, 1.807) is 74.8 Å². The second-order valence-corrected chi connectivity index (χ2v) is 26.3. The van der Waals surface area contributed by atoms with E-state index in [0.29, 0.717) is 63.1 Å². The molecule has 2 fully saturated rings. The zero-order valence-corrected chi connectivity index (χ0v) is 48.7. The third kappa shape index (κ3) is 18.7. The van der Waals surface area contributed by atoms with E-state index in [2.05, 4.69) is 31.2 Å². The van der Waals surface area contributed by atoms with Crippen LogP contribution in [0.4, 0.5) is 11.4 Å². The maximum absolute atomic E-state index is 12.8. The topological polar surface area (TPSA) is 240 Å². The van der Waals surface area contributed by atoms with Crippen LogP contribution in [0.1, 0.15) is 144 Å². The number of unbranched alkanes of at least 4 members (excludes halogenated alkanes) is 2. The number of ether oxygens (including phenoxy) is 1. The van der Waals surface area contributed by atoms with E-state index in [9.17, 15) is 41.1 Å². The van der Waals surface area contributed by atoms with Crippen molar-refractivity contribution in [3.8, 4) is 0 Å². The highest BCUT2D eigenvalue weighted by atomic mass is 32.2. The van der Waals surface area contributed by atoms with Gasteiger partial charge in [-0.2, -0.15) is 0 Å². The first kappa shape index (κ1) is 62.1. The van der Waals surface area contributed by atoms with E-state index in [1.165, 1.54) is 19.6 Å². The first-order valence-corrected chi connectivity index (χ1v) is 31.2. The summed E-state index contributed by atoms with van der Waals surface area (Å²) in [5.41, 5.74) is 6.55. The minimum Gasteiger partial charge on any atom is -0.480 e. The molecule has 5 N–H and O–H groups in total. The van der Waals surface area contributed by atoms with Crippen molar-refractivity contribution in [2.24, 2.45) is 10.8 Å². The van der Waals surface area contributed by atoms with Gasteiger partial charge in [0.05, 0.1) is 39.6 Å². The van der Waals surface area contributed by atoms with Gasteiger partial charge in [-0.1, -0.05) is 87.2 Å². The van der Waals surface area contributed by atoms with Gasteiger partial charge in [-0.25, -0.2) is 26.4 Å². The SMILES string of the molecule is COC(=O)[C@H](Cc1ccc(NC(=O)c2c(C)ccnc2C)cc1)NC(=S)C1(CCCCS(C)(=O)=O)CCCC1.Cc1ccnc(C)c1C(=O)Nc1ccc(C[C@H](NC(=S)C2(CCCCS(C)(=O)=O)CCCC2)C(=O)O)cc1. The number of aliphatic carboxylic acids is 1. The molecule has 2 amide bonds. The highest BCUT2D eigenvalue weighted by Gasteiger charge is 2.40. The van der Waals surface area contributed by atoms with Gasteiger partial charge in [0, 0.05) is 71.5 Å². The van der Waals surface area contributed by atoms with Crippen molar-refractivity contribution in [1.82, 2.24) is 20.6 Å². The summed E-state index contributed by atoms with van der Waals surface area (Å²) in [4.78, 5) is 60.0. The van der Waals surface area contributed by atoms with Crippen LogP contribution in [-0.2, 0) is 46.8 Å². The summed E-state index contributed by atoms with van der Waals surface area (Å²) in [5.74, 6) is -1.52. The van der Waals surface area contributed by atoms with E-state index in [0.717, 1.165) is 99.3 Å². The Labute approximate surface area is 466 Å².